The first-order valence-electron chi connectivity index (χ1n) is 8.50. The van der Waals surface area contributed by atoms with Gasteiger partial charge in [0, 0.05) is 5.69 Å². The van der Waals surface area contributed by atoms with Crippen LogP contribution in [0.5, 0.6) is 0 Å². The van der Waals surface area contributed by atoms with Gasteiger partial charge in [-0.2, -0.15) is 0 Å². The Balaban J connectivity index is 1.80. The van der Waals surface area contributed by atoms with Crippen molar-refractivity contribution in [2.24, 2.45) is 0 Å². The lowest BCUT2D eigenvalue weighted by molar-refractivity contribution is -0.114. The van der Waals surface area contributed by atoms with Crippen LogP contribution in [0.4, 0.5) is 11.4 Å². The zero-order valence-electron chi connectivity index (χ0n) is 15.3. The largest absolute Gasteiger partial charge is 0.462 e. The smallest absolute Gasteiger partial charge is 0.340 e. The second-order valence-corrected chi connectivity index (χ2v) is 6.71. The zero-order chi connectivity index (χ0) is 19.6. The number of carbonyl (C=O) groups excluding carboxylic acids is 3. The molecule has 0 heterocycles. The van der Waals surface area contributed by atoms with Crippen LogP contribution in [-0.4, -0.2) is 35.9 Å². The molecule has 0 aliphatic rings. The highest BCUT2D eigenvalue weighted by atomic mass is 32.2. The summed E-state index contributed by atoms with van der Waals surface area (Å²) in [6.07, 6.45) is 0. The van der Waals surface area contributed by atoms with Gasteiger partial charge in [-0.05, 0) is 38.1 Å². The SMILES string of the molecule is CCOC(=O)c1ccccc1NC(=O)CSCC(=O)Nc1ccc(C)cc1. The van der Waals surface area contributed by atoms with Gasteiger partial charge >= 0.3 is 5.97 Å². The van der Waals surface area contributed by atoms with Gasteiger partial charge < -0.3 is 15.4 Å². The number of carbonyl (C=O) groups is 3. The highest BCUT2D eigenvalue weighted by Gasteiger charge is 2.14. The van der Waals surface area contributed by atoms with Crippen LogP contribution in [-0.2, 0) is 14.3 Å². The molecule has 0 saturated heterocycles. The molecule has 0 aliphatic carbocycles. The standard InChI is InChI=1S/C20H22N2O4S/c1-3-26-20(25)16-6-4-5-7-17(16)22-19(24)13-27-12-18(23)21-15-10-8-14(2)9-11-15/h4-11H,3,12-13H2,1-2H3,(H,21,23)(H,22,24). The van der Waals surface area contributed by atoms with Gasteiger partial charge in [-0.3, -0.25) is 9.59 Å². The predicted octanol–water partition coefficient (Wildman–Crippen LogP) is 3.48. The summed E-state index contributed by atoms with van der Waals surface area (Å²) in [5, 5.41) is 5.47. The summed E-state index contributed by atoms with van der Waals surface area (Å²) in [6.45, 7) is 3.95. The molecule has 0 aromatic heterocycles. The lowest BCUT2D eigenvalue weighted by Crippen LogP contribution is -2.20. The molecule has 0 spiro atoms. The van der Waals surface area contributed by atoms with Crippen LogP contribution < -0.4 is 10.6 Å². The Morgan fingerprint density at radius 3 is 2.22 bits per heavy atom. The third-order valence-electron chi connectivity index (χ3n) is 3.50. The van der Waals surface area contributed by atoms with E-state index in [2.05, 4.69) is 10.6 Å². The molecule has 0 fully saturated rings. The zero-order valence-corrected chi connectivity index (χ0v) is 16.1. The molecule has 2 aromatic carbocycles. The predicted molar refractivity (Wildman–Crippen MR) is 108 cm³/mol. The molecule has 27 heavy (non-hydrogen) atoms. The third-order valence-corrected chi connectivity index (χ3v) is 4.43. The lowest BCUT2D eigenvalue weighted by Gasteiger charge is -2.10. The second-order valence-electron chi connectivity index (χ2n) is 5.72. The van der Waals surface area contributed by atoms with E-state index >= 15 is 0 Å². The van der Waals surface area contributed by atoms with Crippen LogP contribution in [0.15, 0.2) is 48.5 Å². The van der Waals surface area contributed by atoms with E-state index in [-0.39, 0.29) is 29.9 Å². The summed E-state index contributed by atoms with van der Waals surface area (Å²) in [4.78, 5) is 35.9. The van der Waals surface area contributed by atoms with Gasteiger partial charge in [-0.25, -0.2) is 4.79 Å². The topological polar surface area (TPSA) is 84.5 Å². The van der Waals surface area contributed by atoms with Crippen LogP contribution >= 0.6 is 11.8 Å². The van der Waals surface area contributed by atoms with E-state index in [1.54, 1.807) is 31.2 Å². The highest BCUT2D eigenvalue weighted by molar-refractivity contribution is 8.00. The van der Waals surface area contributed by atoms with E-state index in [0.29, 0.717) is 11.3 Å². The number of para-hydroxylation sites is 1. The Morgan fingerprint density at radius 2 is 1.56 bits per heavy atom. The molecule has 6 nitrogen and oxygen atoms in total. The number of rotatable bonds is 8. The van der Waals surface area contributed by atoms with Crippen LogP contribution in [0.3, 0.4) is 0 Å². The Morgan fingerprint density at radius 1 is 0.926 bits per heavy atom. The van der Waals surface area contributed by atoms with Crippen LogP contribution in [0.2, 0.25) is 0 Å². The molecular weight excluding hydrogens is 364 g/mol. The van der Waals surface area contributed by atoms with Crippen molar-refractivity contribution in [1.29, 1.82) is 0 Å². The normalized spacial score (nSPS) is 10.1. The second kappa shape index (κ2) is 10.4. The summed E-state index contributed by atoms with van der Waals surface area (Å²) >= 11 is 1.20. The van der Waals surface area contributed by atoms with Crippen LogP contribution in [0.25, 0.3) is 0 Å². The molecule has 0 aliphatic heterocycles. The molecule has 0 unspecified atom stereocenters. The van der Waals surface area contributed by atoms with E-state index in [1.807, 2.05) is 31.2 Å². The first kappa shape index (κ1) is 20.5. The van der Waals surface area contributed by atoms with E-state index < -0.39 is 5.97 Å². The number of hydrogen-bond donors (Lipinski definition) is 2. The number of esters is 1. The summed E-state index contributed by atoms with van der Waals surface area (Å²) < 4.78 is 4.98. The van der Waals surface area contributed by atoms with Crippen molar-refractivity contribution in [2.75, 3.05) is 28.7 Å². The minimum atomic E-state index is -0.487. The van der Waals surface area contributed by atoms with Crippen molar-refractivity contribution in [2.45, 2.75) is 13.8 Å². The van der Waals surface area contributed by atoms with E-state index in [0.717, 1.165) is 11.3 Å². The van der Waals surface area contributed by atoms with Crippen LogP contribution in [0.1, 0.15) is 22.8 Å². The van der Waals surface area contributed by atoms with Crippen molar-refractivity contribution in [3.8, 4) is 0 Å². The highest BCUT2D eigenvalue weighted by Crippen LogP contribution is 2.17. The molecule has 142 valence electrons. The van der Waals surface area contributed by atoms with Crippen LogP contribution in [0, 0.1) is 6.92 Å². The number of aryl methyl sites for hydroxylation is 1. The molecule has 0 bridgehead atoms. The molecular formula is C20H22N2O4S. The summed E-state index contributed by atoms with van der Waals surface area (Å²) in [6, 6.07) is 14.1. The monoisotopic (exact) mass is 386 g/mol. The number of ether oxygens (including phenoxy) is 1. The number of nitrogens with one attached hydrogen (secondary N) is 2. The van der Waals surface area contributed by atoms with Crippen molar-refractivity contribution >= 4 is 40.9 Å². The molecule has 0 saturated carbocycles. The van der Waals surface area contributed by atoms with Crippen molar-refractivity contribution in [1.82, 2.24) is 0 Å². The Bertz CT molecular complexity index is 806. The Labute approximate surface area is 162 Å². The van der Waals surface area contributed by atoms with Gasteiger partial charge in [0.2, 0.25) is 11.8 Å². The minimum absolute atomic E-state index is 0.0957. The van der Waals surface area contributed by atoms with Gasteiger partial charge in [0.25, 0.3) is 0 Å². The average Bonchev–Trinajstić information content (AvgIpc) is 2.64. The molecule has 2 aromatic rings. The molecule has 7 heteroatoms. The molecule has 0 atom stereocenters. The van der Waals surface area contributed by atoms with Gasteiger partial charge in [0.05, 0.1) is 29.4 Å². The van der Waals surface area contributed by atoms with E-state index in [4.69, 9.17) is 4.74 Å². The van der Waals surface area contributed by atoms with E-state index in [1.165, 1.54) is 11.8 Å². The Hall–Kier alpha value is -2.80. The van der Waals surface area contributed by atoms with Gasteiger partial charge in [0.15, 0.2) is 0 Å². The number of anilines is 2. The number of thioether (sulfide) groups is 1. The third kappa shape index (κ3) is 6.79. The summed E-state index contributed by atoms with van der Waals surface area (Å²) in [5.41, 5.74) is 2.53. The summed E-state index contributed by atoms with van der Waals surface area (Å²) in [5.74, 6) is -0.707. The fraction of sp³-hybridized carbons (Fsp3) is 0.250. The first-order chi connectivity index (χ1) is 13.0. The maximum Gasteiger partial charge on any atom is 0.340 e. The van der Waals surface area contributed by atoms with Gasteiger partial charge in [-0.15, -0.1) is 11.8 Å². The van der Waals surface area contributed by atoms with E-state index in [9.17, 15) is 14.4 Å². The molecule has 2 amide bonds. The van der Waals surface area contributed by atoms with Crippen molar-refractivity contribution < 1.29 is 19.1 Å². The molecule has 2 rings (SSSR count). The molecule has 0 radical (unpaired) electrons. The first-order valence-corrected chi connectivity index (χ1v) is 9.65. The van der Waals surface area contributed by atoms with Gasteiger partial charge in [0.1, 0.15) is 0 Å². The number of benzene rings is 2. The fourth-order valence-electron chi connectivity index (χ4n) is 2.24. The fourth-order valence-corrected chi connectivity index (χ4v) is 2.85. The lowest BCUT2D eigenvalue weighted by atomic mass is 10.2. The van der Waals surface area contributed by atoms with Crippen molar-refractivity contribution in [3.63, 3.8) is 0 Å². The maximum absolute atomic E-state index is 12.1. The van der Waals surface area contributed by atoms with Crippen molar-refractivity contribution in [3.05, 3.63) is 59.7 Å². The maximum atomic E-state index is 12.1. The van der Waals surface area contributed by atoms with Gasteiger partial charge in [-0.1, -0.05) is 29.8 Å². The summed E-state index contributed by atoms with van der Waals surface area (Å²) in [7, 11) is 0. The minimum Gasteiger partial charge on any atom is -0.462 e. The molecule has 2 N–H and O–H groups in total. The quantitative estimate of drug-likeness (QED) is 0.679. The average molecular weight is 386 g/mol. The Kier molecular flexibility index (Phi) is 7.88. The number of amides is 2. The number of hydrogen-bond acceptors (Lipinski definition) is 5.